The molecule has 7 nitrogen and oxygen atoms in total. The van der Waals surface area contributed by atoms with E-state index in [4.69, 9.17) is 4.74 Å². The Hall–Kier alpha value is -4.41. The molecular weight excluding hydrogens is 615 g/mol. The van der Waals surface area contributed by atoms with Crippen LogP contribution >= 0.6 is 0 Å². The number of likely N-dealkylation sites (tertiary alicyclic amines) is 1. The zero-order valence-electron chi connectivity index (χ0n) is 28.2. The maximum Gasteiger partial charge on any atom is 0.417 e. The number of alkyl halides is 3. The number of ether oxygens (including phenoxy) is 1. The van der Waals surface area contributed by atoms with Gasteiger partial charge >= 0.3 is 6.18 Å². The van der Waals surface area contributed by atoms with Gasteiger partial charge in [0.2, 0.25) is 0 Å². The number of halogens is 3. The second kappa shape index (κ2) is 13.6. The van der Waals surface area contributed by atoms with Crippen LogP contribution in [0.4, 0.5) is 18.9 Å². The van der Waals surface area contributed by atoms with Gasteiger partial charge in [0.25, 0.3) is 5.91 Å². The van der Waals surface area contributed by atoms with E-state index in [1.54, 1.807) is 6.08 Å². The third kappa shape index (κ3) is 6.77. The zero-order chi connectivity index (χ0) is 34.2. The fourth-order valence-corrected chi connectivity index (χ4v) is 6.93. The van der Waals surface area contributed by atoms with E-state index < -0.39 is 11.7 Å². The number of methoxy groups -OCH3 is 1. The smallest absolute Gasteiger partial charge is 0.417 e. The number of carbonyl (C=O) groups is 1. The minimum Gasteiger partial charge on any atom is -0.496 e. The van der Waals surface area contributed by atoms with Crippen LogP contribution in [0.3, 0.4) is 0 Å². The third-order valence-electron chi connectivity index (χ3n) is 9.69. The van der Waals surface area contributed by atoms with Crippen LogP contribution in [-0.2, 0) is 32.7 Å². The van der Waals surface area contributed by atoms with Gasteiger partial charge in [0.15, 0.2) is 5.82 Å². The van der Waals surface area contributed by atoms with Crippen molar-refractivity contribution in [3.05, 3.63) is 99.1 Å². The van der Waals surface area contributed by atoms with Gasteiger partial charge < -0.3 is 19.5 Å². The molecule has 1 amide bonds. The minimum absolute atomic E-state index is 0.0535. The maximum atomic E-state index is 14.3. The summed E-state index contributed by atoms with van der Waals surface area (Å²) in [5.74, 6) is 0.556. The van der Waals surface area contributed by atoms with E-state index in [0.29, 0.717) is 35.9 Å². The molecule has 0 atom stereocenters. The van der Waals surface area contributed by atoms with E-state index in [1.807, 2.05) is 68.9 Å². The topological polar surface area (TPSA) is 62.6 Å². The predicted octanol–water partition coefficient (Wildman–Crippen LogP) is 7.74. The molecule has 252 valence electrons. The number of benzene rings is 3. The summed E-state index contributed by atoms with van der Waals surface area (Å²) in [6.45, 7) is 7.73. The molecule has 6 rings (SSSR count). The highest BCUT2D eigenvalue weighted by atomic mass is 19.4. The van der Waals surface area contributed by atoms with Crippen molar-refractivity contribution in [3.8, 4) is 16.9 Å². The Kier molecular flexibility index (Phi) is 9.49. The van der Waals surface area contributed by atoms with Crippen LogP contribution in [0, 0.1) is 13.8 Å². The summed E-state index contributed by atoms with van der Waals surface area (Å²) >= 11 is 0. The van der Waals surface area contributed by atoms with E-state index in [9.17, 15) is 18.0 Å². The van der Waals surface area contributed by atoms with Crippen LogP contribution < -0.4 is 10.1 Å². The third-order valence-corrected chi connectivity index (χ3v) is 9.69. The number of imidazole rings is 1. The molecular formula is C38H42F3N5O2. The Morgan fingerprint density at radius 2 is 1.65 bits per heavy atom. The maximum absolute atomic E-state index is 14.3. The molecule has 4 aromatic rings. The Labute approximate surface area is 280 Å². The fourth-order valence-electron chi connectivity index (χ4n) is 6.93. The number of hydrogen-bond acceptors (Lipinski definition) is 5. The molecule has 0 saturated carbocycles. The number of amides is 1. The molecule has 48 heavy (non-hydrogen) atoms. The second-order valence-electron chi connectivity index (χ2n) is 12.9. The Balaban J connectivity index is 1.28. The molecule has 1 fully saturated rings. The van der Waals surface area contributed by atoms with Crippen LogP contribution in [0.25, 0.3) is 23.3 Å². The number of hydrogen-bond donors (Lipinski definition) is 1. The van der Waals surface area contributed by atoms with Crippen molar-refractivity contribution in [1.82, 2.24) is 19.4 Å². The molecule has 10 heteroatoms. The number of nitrogens with zero attached hydrogens (tertiary/aromatic N) is 4. The van der Waals surface area contributed by atoms with Crippen molar-refractivity contribution in [2.75, 3.05) is 39.1 Å². The molecule has 2 aliphatic rings. The van der Waals surface area contributed by atoms with Gasteiger partial charge in [-0.2, -0.15) is 13.2 Å². The highest BCUT2D eigenvalue weighted by molar-refractivity contribution is 6.03. The number of aromatic nitrogens is 2. The quantitative estimate of drug-likeness (QED) is 0.197. The van der Waals surface area contributed by atoms with Gasteiger partial charge in [0, 0.05) is 50.0 Å². The van der Waals surface area contributed by atoms with Gasteiger partial charge in [0.05, 0.1) is 18.4 Å². The van der Waals surface area contributed by atoms with Crippen molar-refractivity contribution in [2.45, 2.75) is 52.4 Å². The largest absolute Gasteiger partial charge is 0.496 e. The highest BCUT2D eigenvalue weighted by Crippen LogP contribution is 2.38. The number of likely N-dealkylation sites (N-methyl/N-ethyl adjacent to an activating group) is 1. The summed E-state index contributed by atoms with van der Waals surface area (Å²) < 4.78 is 50.4. The van der Waals surface area contributed by atoms with Crippen molar-refractivity contribution in [3.63, 3.8) is 0 Å². The Morgan fingerprint density at radius 3 is 2.35 bits per heavy atom. The van der Waals surface area contributed by atoms with E-state index >= 15 is 0 Å². The van der Waals surface area contributed by atoms with E-state index in [-0.39, 0.29) is 11.5 Å². The molecule has 0 unspecified atom stereocenters. The Morgan fingerprint density at radius 1 is 0.958 bits per heavy atom. The van der Waals surface area contributed by atoms with E-state index in [1.165, 1.54) is 25.3 Å². The van der Waals surface area contributed by atoms with Crippen LogP contribution in [0.1, 0.15) is 68.2 Å². The summed E-state index contributed by atoms with van der Waals surface area (Å²) in [5, 5.41) is 3.07. The van der Waals surface area contributed by atoms with Gasteiger partial charge in [-0.15, -0.1) is 0 Å². The second-order valence-corrected chi connectivity index (χ2v) is 12.9. The SMILES string of the molecule is COc1cc(/C=C/c2cccc(-c3cccc(NC(=O)c4nc5c(n4C)CCN(C)C5)c3C)c2C)c(C(F)(F)F)cc1CN1CCCC1. The molecule has 3 aromatic carbocycles. The number of fused-ring (bicyclic) bond motifs is 1. The lowest BCUT2D eigenvalue weighted by Gasteiger charge is -2.21. The molecule has 0 bridgehead atoms. The molecule has 1 aromatic heterocycles. The number of rotatable bonds is 8. The summed E-state index contributed by atoms with van der Waals surface area (Å²) in [4.78, 5) is 22.4. The van der Waals surface area contributed by atoms with E-state index in [0.717, 1.165) is 78.1 Å². The number of carbonyl (C=O) groups excluding carboxylic acids is 1. The van der Waals surface area contributed by atoms with Crippen molar-refractivity contribution >= 4 is 23.7 Å². The van der Waals surface area contributed by atoms with Crippen molar-refractivity contribution in [1.29, 1.82) is 0 Å². The van der Waals surface area contributed by atoms with Gasteiger partial charge in [0.1, 0.15) is 5.75 Å². The molecule has 2 aliphatic heterocycles. The van der Waals surface area contributed by atoms with Crippen LogP contribution in [0.5, 0.6) is 5.75 Å². The lowest BCUT2D eigenvalue weighted by atomic mass is 9.92. The van der Waals surface area contributed by atoms with Gasteiger partial charge in [-0.25, -0.2) is 4.98 Å². The van der Waals surface area contributed by atoms with Crippen molar-refractivity contribution in [2.24, 2.45) is 7.05 Å². The van der Waals surface area contributed by atoms with Crippen LogP contribution in [0.15, 0.2) is 48.5 Å². The predicted molar refractivity (Wildman–Crippen MR) is 184 cm³/mol. The van der Waals surface area contributed by atoms with Crippen molar-refractivity contribution < 1.29 is 22.7 Å². The first-order valence-electron chi connectivity index (χ1n) is 16.4. The monoisotopic (exact) mass is 657 g/mol. The molecule has 0 spiro atoms. The highest BCUT2D eigenvalue weighted by Gasteiger charge is 2.34. The molecule has 0 radical (unpaired) electrons. The molecule has 1 saturated heterocycles. The zero-order valence-corrected chi connectivity index (χ0v) is 28.2. The fraction of sp³-hybridized carbons (Fsp3) is 0.368. The first-order chi connectivity index (χ1) is 22.9. The first kappa shape index (κ1) is 33.5. The summed E-state index contributed by atoms with van der Waals surface area (Å²) in [7, 11) is 5.43. The molecule has 0 aliphatic carbocycles. The van der Waals surface area contributed by atoms with Crippen LogP contribution in [-0.4, -0.2) is 59.0 Å². The van der Waals surface area contributed by atoms with Gasteiger partial charge in [-0.3, -0.25) is 9.69 Å². The lowest BCUT2D eigenvalue weighted by Crippen LogP contribution is -2.27. The number of anilines is 1. The van der Waals surface area contributed by atoms with Crippen LogP contribution in [0.2, 0.25) is 0 Å². The Bertz CT molecular complexity index is 1870. The number of nitrogens with one attached hydrogen (secondary N) is 1. The summed E-state index contributed by atoms with van der Waals surface area (Å²) in [5.41, 5.74) is 7.04. The lowest BCUT2D eigenvalue weighted by molar-refractivity contribution is -0.137. The average Bonchev–Trinajstić information content (AvgIpc) is 3.68. The summed E-state index contributed by atoms with van der Waals surface area (Å²) in [6, 6.07) is 14.3. The summed E-state index contributed by atoms with van der Waals surface area (Å²) in [6.07, 6.45) is 1.67. The molecule has 1 N–H and O–H groups in total. The standard InChI is InChI=1S/C38H42F3N5O2/c1-24-26(14-15-27-21-35(48-5)28(20-31(27)38(39,40)41)22-46-17-6-7-18-46)10-8-11-29(24)30-12-9-13-32(25(30)2)43-37(47)36-42-33-23-44(3)19-16-34(33)45(36)4/h8-15,20-21H,6-7,16-19,22-23H2,1-5H3,(H,43,47)/b15-14+. The molecule has 3 heterocycles. The first-order valence-corrected chi connectivity index (χ1v) is 16.4. The minimum atomic E-state index is -4.52. The normalized spacial score (nSPS) is 15.7. The van der Waals surface area contributed by atoms with Gasteiger partial charge in [-0.05, 0) is 98.4 Å². The van der Waals surface area contributed by atoms with E-state index in [2.05, 4.69) is 20.1 Å². The van der Waals surface area contributed by atoms with Gasteiger partial charge in [-0.1, -0.05) is 42.5 Å². The average molecular weight is 658 g/mol.